The quantitative estimate of drug-likeness (QED) is 0.657. The van der Waals surface area contributed by atoms with Crippen molar-refractivity contribution in [2.24, 2.45) is 0 Å². The van der Waals surface area contributed by atoms with E-state index in [2.05, 4.69) is 0 Å². The number of benzene rings is 1. The summed E-state index contributed by atoms with van der Waals surface area (Å²) in [5.74, 6) is -0.860. The molecule has 0 heterocycles. The Morgan fingerprint density at radius 2 is 2.00 bits per heavy atom. The minimum absolute atomic E-state index is 0.181. The van der Waals surface area contributed by atoms with E-state index in [-0.39, 0.29) is 10.5 Å². The molecule has 0 aromatic heterocycles. The zero-order chi connectivity index (χ0) is 11.9. The summed E-state index contributed by atoms with van der Waals surface area (Å²) in [6.45, 7) is 0. The van der Waals surface area contributed by atoms with Crippen LogP contribution < -0.4 is 5.46 Å². The van der Waals surface area contributed by atoms with E-state index in [1.54, 1.807) is 6.07 Å². The number of carboxylic acids is 1. The van der Waals surface area contributed by atoms with Crippen LogP contribution in [0.5, 0.6) is 0 Å². The second kappa shape index (κ2) is 3.77. The minimum atomic E-state index is -1.64. The van der Waals surface area contributed by atoms with Crippen molar-refractivity contribution in [2.75, 3.05) is 0 Å². The lowest BCUT2D eigenvalue weighted by Gasteiger charge is -2.12. The van der Waals surface area contributed by atoms with Gasteiger partial charge >= 0.3 is 13.1 Å². The van der Waals surface area contributed by atoms with Crippen LogP contribution in [0.3, 0.4) is 0 Å². The second-order valence-corrected chi connectivity index (χ2v) is 4.40. The molecule has 1 aromatic rings. The molecule has 2 rings (SSSR count). The van der Waals surface area contributed by atoms with Crippen LogP contribution in [0.4, 0.5) is 0 Å². The summed E-state index contributed by atoms with van der Waals surface area (Å²) >= 11 is 5.85. The van der Waals surface area contributed by atoms with Crippen LogP contribution in [0.2, 0.25) is 5.02 Å². The van der Waals surface area contributed by atoms with E-state index in [4.69, 9.17) is 26.8 Å². The summed E-state index contributed by atoms with van der Waals surface area (Å²) in [6, 6.07) is 4.53. The third kappa shape index (κ3) is 1.71. The molecule has 1 aliphatic rings. The molecule has 1 aromatic carbocycles. The first kappa shape index (κ1) is 11.5. The van der Waals surface area contributed by atoms with Gasteiger partial charge in [-0.05, 0) is 24.5 Å². The molecule has 0 unspecified atom stereocenters. The van der Waals surface area contributed by atoms with Gasteiger partial charge < -0.3 is 15.2 Å². The van der Waals surface area contributed by atoms with E-state index < -0.39 is 18.5 Å². The molecule has 1 saturated carbocycles. The van der Waals surface area contributed by atoms with Gasteiger partial charge in [0.15, 0.2) is 0 Å². The molecule has 1 fully saturated rings. The zero-order valence-corrected chi connectivity index (χ0v) is 9.11. The highest BCUT2D eigenvalue weighted by atomic mass is 35.5. The van der Waals surface area contributed by atoms with Gasteiger partial charge in [-0.25, -0.2) is 0 Å². The Kier molecular flexibility index (Phi) is 2.70. The Labute approximate surface area is 97.6 Å². The van der Waals surface area contributed by atoms with Crippen molar-refractivity contribution < 1.29 is 19.9 Å². The SMILES string of the molecule is O=C(O)C1(c2ccc(B(O)O)c(Cl)c2)CC1. The summed E-state index contributed by atoms with van der Waals surface area (Å²) < 4.78 is 0. The average molecular weight is 240 g/mol. The molecule has 1 aliphatic carbocycles. The molecule has 0 spiro atoms. The fraction of sp³-hybridized carbons (Fsp3) is 0.300. The lowest BCUT2D eigenvalue weighted by atomic mass is 9.79. The summed E-state index contributed by atoms with van der Waals surface area (Å²) in [5.41, 5.74) is -0.0104. The summed E-state index contributed by atoms with van der Waals surface area (Å²) in [7, 11) is -1.64. The van der Waals surface area contributed by atoms with Crippen LogP contribution >= 0.6 is 11.6 Å². The van der Waals surface area contributed by atoms with Gasteiger partial charge in [-0.2, -0.15) is 0 Å². The fourth-order valence-corrected chi connectivity index (χ4v) is 2.06. The summed E-state index contributed by atoms with van der Waals surface area (Å²) in [4.78, 5) is 11.1. The first-order valence-electron chi connectivity index (χ1n) is 4.87. The van der Waals surface area contributed by atoms with Gasteiger partial charge in [-0.3, -0.25) is 4.79 Å². The van der Waals surface area contributed by atoms with Crippen LogP contribution in [0.25, 0.3) is 0 Å². The van der Waals surface area contributed by atoms with Crippen LogP contribution in [0, 0.1) is 0 Å². The van der Waals surface area contributed by atoms with E-state index in [1.165, 1.54) is 12.1 Å². The van der Waals surface area contributed by atoms with Gasteiger partial charge in [-0.15, -0.1) is 0 Å². The topological polar surface area (TPSA) is 77.8 Å². The number of rotatable bonds is 3. The molecule has 0 aliphatic heterocycles. The van der Waals surface area contributed by atoms with Gasteiger partial charge in [-0.1, -0.05) is 23.7 Å². The lowest BCUT2D eigenvalue weighted by molar-refractivity contribution is -0.140. The normalized spacial score (nSPS) is 16.9. The maximum absolute atomic E-state index is 11.1. The minimum Gasteiger partial charge on any atom is -0.481 e. The van der Waals surface area contributed by atoms with Gasteiger partial charge in [0.1, 0.15) is 0 Å². The number of halogens is 1. The standard InChI is InChI=1S/C10H10BClO4/c12-8-5-6(1-2-7(8)11(15)16)10(3-4-10)9(13)14/h1-2,5,15-16H,3-4H2,(H,13,14). The molecule has 6 heteroatoms. The van der Waals surface area contributed by atoms with Crippen molar-refractivity contribution in [1.29, 1.82) is 0 Å². The fourth-order valence-electron chi connectivity index (χ4n) is 1.79. The second-order valence-electron chi connectivity index (χ2n) is 4.00. The van der Waals surface area contributed by atoms with E-state index in [0.717, 1.165) is 0 Å². The molecule has 0 saturated heterocycles. The smallest absolute Gasteiger partial charge is 0.481 e. The number of carbonyl (C=O) groups is 1. The molecule has 16 heavy (non-hydrogen) atoms. The number of hydrogen-bond acceptors (Lipinski definition) is 3. The van der Waals surface area contributed by atoms with Crippen molar-refractivity contribution in [3.05, 3.63) is 28.8 Å². The highest BCUT2D eigenvalue weighted by Crippen LogP contribution is 2.48. The van der Waals surface area contributed by atoms with E-state index >= 15 is 0 Å². The van der Waals surface area contributed by atoms with E-state index in [0.29, 0.717) is 18.4 Å². The molecule has 4 nitrogen and oxygen atoms in total. The van der Waals surface area contributed by atoms with Crippen molar-refractivity contribution in [3.8, 4) is 0 Å². The predicted molar refractivity (Wildman–Crippen MR) is 59.8 cm³/mol. The van der Waals surface area contributed by atoms with E-state index in [1.807, 2.05) is 0 Å². The Balaban J connectivity index is 2.39. The summed E-state index contributed by atoms with van der Waals surface area (Å²) in [6.07, 6.45) is 1.19. The highest BCUT2D eigenvalue weighted by molar-refractivity contribution is 6.62. The largest absolute Gasteiger partial charge is 0.489 e. The van der Waals surface area contributed by atoms with Gasteiger partial charge in [0.25, 0.3) is 0 Å². The predicted octanol–water partition coefficient (Wildman–Crippen LogP) is 0.136. The van der Waals surface area contributed by atoms with Crippen molar-refractivity contribution in [1.82, 2.24) is 0 Å². The Morgan fingerprint density at radius 1 is 1.38 bits per heavy atom. The molecule has 3 N–H and O–H groups in total. The molecule has 84 valence electrons. The first-order chi connectivity index (χ1) is 7.47. The summed E-state index contributed by atoms with van der Waals surface area (Å²) in [5, 5.41) is 27.2. The zero-order valence-electron chi connectivity index (χ0n) is 8.35. The maximum Gasteiger partial charge on any atom is 0.489 e. The molecule has 0 radical (unpaired) electrons. The maximum atomic E-state index is 11.1. The third-order valence-electron chi connectivity index (χ3n) is 2.99. The number of hydrogen-bond donors (Lipinski definition) is 3. The molecule has 0 atom stereocenters. The average Bonchev–Trinajstić information content (AvgIpc) is 2.97. The van der Waals surface area contributed by atoms with Gasteiger partial charge in [0.05, 0.1) is 5.41 Å². The number of aliphatic carboxylic acids is 1. The molecule has 0 bridgehead atoms. The Morgan fingerprint density at radius 3 is 2.38 bits per heavy atom. The number of carboxylic acid groups (broad SMARTS) is 1. The lowest BCUT2D eigenvalue weighted by Crippen LogP contribution is -2.31. The van der Waals surface area contributed by atoms with Gasteiger partial charge in [0, 0.05) is 10.5 Å². The van der Waals surface area contributed by atoms with Crippen molar-refractivity contribution >= 4 is 30.2 Å². The van der Waals surface area contributed by atoms with Crippen molar-refractivity contribution in [2.45, 2.75) is 18.3 Å². The van der Waals surface area contributed by atoms with Crippen LogP contribution in [-0.4, -0.2) is 28.2 Å². The van der Waals surface area contributed by atoms with Crippen molar-refractivity contribution in [3.63, 3.8) is 0 Å². The van der Waals surface area contributed by atoms with Crippen LogP contribution in [0.1, 0.15) is 18.4 Å². The van der Waals surface area contributed by atoms with Gasteiger partial charge in [0.2, 0.25) is 0 Å². The third-order valence-corrected chi connectivity index (χ3v) is 3.32. The first-order valence-corrected chi connectivity index (χ1v) is 5.24. The highest BCUT2D eigenvalue weighted by Gasteiger charge is 2.51. The molecular formula is C10H10BClO4. The molecule has 0 amide bonds. The van der Waals surface area contributed by atoms with Crippen LogP contribution in [0.15, 0.2) is 18.2 Å². The molecular weight excluding hydrogens is 230 g/mol. The Bertz CT molecular complexity index is 442. The monoisotopic (exact) mass is 240 g/mol. The van der Waals surface area contributed by atoms with E-state index in [9.17, 15) is 4.79 Å². The Hall–Kier alpha value is -1.04. The van der Waals surface area contributed by atoms with Crippen LogP contribution in [-0.2, 0) is 10.2 Å².